The van der Waals surface area contributed by atoms with Gasteiger partial charge >= 0.3 is 0 Å². The molecule has 5 rings (SSSR count). The van der Waals surface area contributed by atoms with Gasteiger partial charge in [0.1, 0.15) is 0 Å². The number of fused-ring (bicyclic) bond motifs is 2. The summed E-state index contributed by atoms with van der Waals surface area (Å²) in [6.45, 7) is 3.87. The van der Waals surface area contributed by atoms with Crippen LogP contribution in [0, 0.1) is 0 Å². The Labute approximate surface area is 190 Å². The highest BCUT2D eigenvalue weighted by Gasteiger charge is 2.28. The van der Waals surface area contributed by atoms with Crippen LogP contribution in [0.4, 0.5) is 22.7 Å². The average molecular weight is 421 g/mol. The van der Waals surface area contributed by atoms with E-state index >= 15 is 0 Å². The quantitative estimate of drug-likeness (QED) is 0.374. The van der Waals surface area contributed by atoms with Crippen LogP contribution in [0.2, 0.25) is 0 Å². The molecule has 0 fully saturated rings. The first kappa shape index (κ1) is 20.3. The second-order valence-corrected chi connectivity index (χ2v) is 8.29. The number of rotatable bonds is 6. The molecule has 3 heteroatoms. The van der Waals surface area contributed by atoms with Crippen LogP contribution in [0.5, 0.6) is 0 Å². The van der Waals surface area contributed by atoms with E-state index in [1.807, 2.05) is 12.1 Å². The highest BCUT2D eigenvalue weighted by molar-refractivity contribution is 5.93. The van der Waals surface area contributed by atoms with Gasteiger partial charge in [-0.05, 0) is 52.9 Å². The molecule has 0 unspecified atom stereocenters. The monoisotopic (exact) mass is 420 g/mol. The maximum Gasteiger partial charge on any atom is 0.0681 e. The van der Waals surface area contributed by atoms with Crippen LogP contribution in [0.1, 0.15) is 29.2 Å². The minimum absolute atomic E-state index is 0.0733. The zero-order valence-electron chi connectivity index (χ0n) is 18.4. The van der Waals surface area contributed by atoms with Gasteiger partial charge < -0.3 is 14.9 Å². The molecule has 3 nitrogen and oxygen atoms in total. The maximum absolute atomic E-state index is 9.37. The van der Waals surface area contributed by atoms with Crippen LogP contribution < -0.4 is 9.80 Å². The molecule has 0 atom stereocenters. The van der Waals surface area contributed by atoms with Gasteiger partial charge in [-0.25, -0.2) is 0 Å². The number of hydrogen-bond acceptors (Lipinski definition) is 3. The Morgan fingerprint density at radius 1 is 0.500 bits per heavy atom. The number of nitrogens with zero attached hydrogens (tertiary/aromatic N) is 2. The lowest BCUT2D eigenvalue weighted by atomic mass is 10.0. The third kappa shape index (κ3) is 3.88. The topological polar surface area (TPSA) is 26.7 Å². The molecule has 1 aliphatic heterocycles. The molecule has 1 aliphatic rings. The summed E-state index contributed by atoms with van der Waals surface area (Å²) in [4.78, 5) is 4.83. The standard InChI is InChI=1S/C29H28N2O/c1-2-22-11-13-23(14-12-22)19-30-26-7-3-5-9-28(26)31(29-10-6-4-8-27(29)30)20-24-15-17-25(21-32)18-16-24/h3-18,32H,2,19-21H2,1H3. The molecule has 4 aromatic rings. The summed E-state index contributed by atoms with van der Waals surface area (Å²) < 4.78 is 0. The lowest BCUT2D eigenvalue weighted by Gasteiger charge is -2.40. The van der Waals surface area contributed by atoms with Gasteiger partial charge in [0.2, 0.25) is 0 Å². The first-order valence-electron chi connectivity index (χ1n) is 11.3. The summed E-state index contributed by atoms with van der Waals surface area (Å²) in [6.07, 6.45) is 1.06. The first-order valence-corrected chi connectivity index (χ1v) is 11.3. The van der Waals surface area contributed by atoms with E-state index in [1.165, 1.54) is 39.4 Å². The number of aliphatic hydroxyl groups excluding tert-OH is 1. The van der Waals surface area contributed by atoms with Gasteiger partial charge in [-0.3, -0.25) is 0 Å². The lowest BCUT2D eigenvalue weighted by Crippen LogP contribution is -2.29. The van der Waals surface area contributed by atoms with Crippen molar-refractivity contribution in [3.63, 3.8) is 0 Å². The van der Waals surface area contributed by atoms with Gasteiger partial charge in [-0.2, -0.15) is 0 Å². The third-order valence-corrected chi connectivity index (χ3v) is 6.24. The first-order chi connectivity index (χ1) is 15.8. The molecule has 0 radical (unpaired) electrons. The second-order valence-electron chi connectivity index (χ2n) is 8.29. The van der Waals surface area contributed by atoms with E-state index in [2.05, 4.69) is 102 Å². The Morgan fingerprint density at radius 3 is 1.19 bits per heavy atom. The van der Waals surface area contributed by atoms with E-state index < -0.39 is 0 Å². The van der Waals surface area contributed by atoms with Crippen LogP contribution >= 0.6 is 0 Å². The van der Waals surface area contributed by atoms with Crippen molar-refractivity contribution >= 4 is 22.7 Å². The Kier molecular flexibility index (Phi) is 5.66. The fraction of sp³-hybridized carbons (Fsp3) is 0.172. The third-order valence-electron chi connectivity index (χ3n) is 6.24. The molecule has 0 bridgehead atoms. The fourth-order valence-electron chi connectivity index (χ4n) is 4.44. The normalized spacial score (nSPS) is 12.4. The predicted octanol–water partition coefficient (Wildman–Crippen LogP) is 6.73. The van der Waals surface area contributed by atoms with Crippen molar-refractivity contribution in [1.82, 2.24) is 0 Å². The average Bonchev–Trinajstić information content (AvgIpc) is 2.86. The van der Waals surface area contributed by atoms with Crippen LogP contribution in [0.25, 0.3) is 0 Å². The van der Waals surface area contributed by atoms with E-state index in [4.69, 9.17) is 0 Å². The van der Waals surface area contributed by atoms with E-state index in [-0.39, 0.29) is 6.61 Å². The van der Waals surface area contributed by atoms with Crippen molar-refractivity contribution in [3.05, 3.63) is 119 Å². The van der Waals surface area contributed by atoms with E-state index in [1.54, 1.807) is 0 Å². The maximum atomic E-state index is 9.37. The van der Waals surface area contributed by atoms with Gasteiger partial charge in [-0.1, -0.05) is 79.7 Å². The molecule has 0 aromatic heterocycles. The summed E-state index contributed by atoms with van der Waals surface area (Å²) >= 11 is 0. The zero-order chi connectivity index (χ0) is 21.9. The molecule has 0 saturated heterocycles. The minimum atomic E-state index is 0.0733. The molecule has 160 valence electrons. The van der Waals surface area contributed by atoms with Crippen molar-refractivity contribution in [1.29, 1.82) is 0 Å². The van der Waals surface area contributed by atoms with Crippen molar-refractivity contribution in [3.8, 4) is 0 Å². The van der Waals surface area contributed by atoms with Crippen molar-refractivity contribution < 1.29 is 5.11 Å². The highest BCUT2D eigenvalue weighted by Crippen LogP contribution is 2.48. The van der Waals surface area contributed by atoms with E-state index in [0.29, 0.717) is 0 Å². The van der Waals surface area contributed by atoms with Gasteiger partial charge in [0.25, 0.3) is 0 Å². The Hall–Kier alpha value is -3.56. The summed E-state index contributed by atoms with van der Waals surface area (Å²) in [5.74, 6) is 0. The molecule has 32 heavy (non-hydrogen) atoms. The van der Waals surface area contributed by atoms with Crippen LogP contribution in [-0.2, 0) is 26.1 Å². The van der Waals surface area contributed by atoms with Gasteiger partial charge in [-0.15, -0.1) is 0 Å². The smallest absolute Gasteiger partial charge is 0.0681 e. The SMILES string of the molecule is CCc1ccc(CN2c3ccccc3N(Cc3ccc(CO)cc3)c3ccccc32)cc1. The molecule has 1 heterocycles. The van der Waals surface area contributed by atoms with Crippen molar-refractivity contribution in [2.45, 2.75) is 33.0 Å². The summed E-state index contributed by atoms with van der Waals surface area (Å²) in [5, 5.41) is 9.37. The fourth-order valence-corrected chi connectivity index (χ4v) is 4.44. The number of anilines is 4. The van der Waals surface area contributed by atoms with Gasteiger partial charge in [0, 0.05) is 13.1 Å². The Balaban J connectivity index is 1.54. The second kappa shape index (κ2) is 8.89. The molecular formula is C29H28N2O. The Bertz CT molecular complexity index is 1060. The van der Waals surface area contributed by atoms with Crippen LogP contribution in [-0.4, -0.2) is 5.11 Å². The molecule has 4 aromatic carbocycles. The lowest BCUT2D eigenvalue weighted by molar-refractivity contribution is 0.282. The van der Waals surface area contributed by atoms with Gasteiger partial charge in [0.15, 0.2) is 0 Å². The number of aryl methyl sites for hydroxylation is 1. The predicted molar refractivity (Wildman–Crippen MR) is 133 cm³/mol. The summed E-state index contributed by atoms with van der Waals surface area (Å²) in [7, 11) is 0. The molecule has 0 saturated carbocycles. The number of aliphatic hydroxyl groups is 1. The summed E-state index contributed by atoms with van der Waals surface area (Å²) in [6, 6.07) is 34.5. The van der Waals surface area contributed by atoms with E-state index in [9.17, 15) is 5.11 Å². The largest absolute Gasteiger partial charge is 0.392 e. The molecule has 1 N–H and O–H groups in total. The van der Waals surface area contributed by atoms with Crippen LogP contribution in [0.3, 0.4) is 0 Å². The van der Waals surface area contributed by atoms with Crippen molar-refractivity contribution in [2.24, 2.45) is 0 Å². The zero-order valence-corrected chi connectivity index (χ0v) is 18.4. The molecular weight excluding hydrogens is 392 g/mol. The molecule has 0 spiro atoms. The van der Waals surface area contributed by atoms with E-state index in [0.717, 1.165) is 25.1 Å². The number of para-hydroxylation sites is 4. The Morgan fingerprint density at radius 2 is 0.844 bits per heavy atom. The van der Waals surface area contributed by atoms with Crippen molar-refractivity contribution in [2.75, 3.05) is 9.80 Å². The number of hydrogen-bond donors (Lipinski definition) is 1. The molecule has 0 amide bonds. The molecule has 0 aliphatic carbocycles. The summed E-state index contributed by atoms with van der Waals surface area (Å²) in [5.41, 5.74) is 9.69. The highest BCUT2D eigenvalue weighted by atomic mass is 16.3. The minimum Gasteiger partial charge on any atom is -0.392 e. The number of benzene rings is 4. The van der Waals surface area contributed by atoms with Gasteiger partial charge in [0.05, 0.1) is 29.4 Å². The van der Waals surface area contributed by atoms with Crippen LogP contribution in [0.15, 0.2) is 97.1 Å².